The van der Waals surface area contributed by atoms with Crippen LogP contribution in [-0.2, 0) is 65.4 Å². The molecule has 0 aliphatic rings. The number of phosphoric ester groups is 2. The molecule has 0 aromatic carbocycles. The summed E-state index contributed by atoms with van der Waals surface area (Å²) in [5.74, 6) is -1.32. The number of esters is 4. The van der Waals surface area contributed by atoms with E-state index in [0.717, 1.165) is 102 Å². The summed E-state index contributed by atoms with van der Waals surface area (Å²) in [6.45, 7) is 7.24. The Hall–Kier alpha value is -1.94. The fourth-order valence-corrected chi connectivity index (χ4v) is 13.8. The lowest BCUT2D eigenvalue weighted by Crippen LogP contribution is -2.30. The maximum Gasteiger partial charge on any atom is 0.472 e. The highest BCUT2D eigenvalue weighted by molar-refractivity contribution is 7.47. The monoisotopic (exact) mass is 1440 g/mol. The first-order chi connectivity index (χ1) is 47.6. The molecule has 0 radical (unpaired) electrons. The predicted molar refractivity (Wildman–Crippen MR) is 400 cm³/mol. The van der Waals surface area contributed by atoms with Crippen molar-refractivity contribution in [1.82, 2.24) is 0 Å². The lowest BCUT2D eigenvalue weighted by Gasteiger charge is -2.21. The highest BCUT2D eigenvalue weighted by Gasteiger charge is 2.30. The van der Waals surface area contributed by atoms with E-state index in [1.807, 2.05) is 0 Å². The largest absolute Gasteiger partial charge is 0.472 e. The smallest absolute Gasteiger partial charge is 0.462 e. The summed E-state index contributed by atoms with van der Waals surface area (Å²) < 4.78 is 68.4. The molecule has 0 bridgehead atoms. The summed E-state index contributed by atoms with van der Waals surface area (Å²) in [4.78, 5) is 72.6. The molecule has 0 aliphatic heterocycles. The molecular formula is C79H154O17P2. The van der Waals surface area contributed by atoms with Gasteiger partial charge in [0.1, 0.15) is 19.3 Å². The molecule has 6 atom stereocenters. The van der Waals surface area contributed by atoms with E-state index in [4.69, 9.17) is 37.0 Å². The van der Waals surface area contributed by atoms with Gasteiger partial charge in [0.05, 0.1) is 26.4 Å². The van der Waals surface area contributed by atoms with Crippen molar-refractivity contribution in [2.24, 2.45) is 5.92 Å². The number of rotatable bonds is 79. The molecule has 0 aromatic rings. The summed E-state index contributed by atoms with van der Waals surface area (Å²) in [7, 11) is -9.90. The zero-order valence-corrected chi connectivity index (χ0v) is 65.7. The van der Waals surface area contributed by atoms with Crippen LogP contribution in [0.2, 0.25) is 0 Å². The first kappa shape index (κ1) is 96.1. The van der Waals surface area contributed by atoms with Crippen LogP contribution in [0.5, 0.6) is 0 Å². The van der Waals surface area contributed by atoms with E-state index in [9.17, 15) is 43.2 Å². The molecule has 17 nitrogen and oxygen atoms in total. The van der Waals surface area contributed by atoms with Crippen LogP contribution in [0.1, 0.15) is 420 Å². The number of carbonyl (C=O) groups is 4. The van der Waals surface area contributed by atoms with Crippen molar-refractivity contribution >= 4 is 39.5 Å². The van der Waals surface area contributed by atoms with Crippen LogP contribution in [0.4, 0.5) is 0 Å². The average Bonchev–Trinajstić information content (AvgIpc) is 1.12. The second-order valence-electron chi connectivity index (χ2n) is 28.7. The van der Waals surface area contributed by atoms with Crippen molar-refractivity contribution in [2.75, 3.05) is 39.6 Å². The van der Waals surface area contributed by atoms with Gasteiger partial charge in [-0.15, -0.1) is 0 Å². The van der Waals surface area contributed by atoms with E-state index in [1.54, 1.807) is 0 Å². The van der Waals surface area contributed by atoms with Crippen LogP contribution in [-0.4, -0.2) is 96.7 Å². The number of phosphoric acid groups is 2. The van der Waals surface area contributed by atoms with Gasteiger partial charge in [-0.05, 0) is 31.6 Å². The van der Waals surface area contributed by atoms with Gasteiger partial charge in [-0.3, -0.25) is 37.3 Å². The van der Waals surface area contributed by atoms with Crippen molar-refractivity contribution in [3.63, 3.8) is 0 Å². The number of ether oxygens (including phenoxy) is 4. The molecule has 3 unspecified atom stereocenters. The standard InChI is InChI=1S/C79H154O17P2/c1-6-10-13-16-18-20-22-24-26-28-30-32-34-36-38-40-45-49-54-59-64-79(84)96-75(69-90-77(82)63-58-53-48-44-39-37-35-33-31-29-27-25-23-21-19-17-14-11-7-2)71-94-98(87,88)92-67-73(80)66-91-97(85,86)93-70-74(68-89-76(81)62-57-51-15-12-8-3)95-78(83)65-60-55-50-46-42-41-43-47-52-56-61-72(5)9-4/h72-75,80H,6-71H2,1-5H3,(H,85,86)(H,87,88)/t72?,73-,74+,75+/m0/s1. The number of aliphatic hydroxyl groups is 1. The molecule has 0 aliphatic carbocycles. The maximum absolute atomic E-state index is 13.1. The van der Waals surface area contributed by atoms with Crippen molar-refractivity contribution < 1.29 is 80.2 Å². The SMILES string of the molecule is CCCCCCCCCCCCCCCCCCCCCCC(=O)O[C@H](COC(=O)CCCCCCCCCCCCCCCCCCCCC)COP(=O)(O)OC[C@@H](O)COP(=O)(O)OC[C@@H](COC(=O)CCCCCCC)OC(=O)CCCCCCCCCCCCC(C)CC. The zero-order valence-electron chi connectivity index (χ0n) is 63.9. The lowest BCUT2D eigenvalue weighted by molar-refractivity contribution is -0.161. The third kappa shape index (κ3) is 71.1. The van der Waals surface area contributed by atoms with E-state index in [1.165, 1.54) is 238 Å². The molecule has 0 rings (SSSR count). The minimum absolute atomic E-state index is 0.106. The molecule has 19 heteroatoms. The Morgan fingerprint density at radius 2 is 0.490 bits per heavy atom. The summed E-state index contributed by atoms with van der Waals surface area (Å²) in [6, 6.07) is 0. The summed E-state index contributed by atoms with van der Waals surface area (Å²) in [5.41, 5.74) is 0. The highest BCUT2D eigenvalue weighted by Crippen LogP contribution is 2.45. The van der Waals surface area contributed by atoms with Crippen LogP contribution < -0.4 is 0 Å². The summed E-state index contributed by atoms with van der Waals surface area (Å²) in [5, 5.41) is 10.6. The van der Waals surface area contributed by atoms with Gasteiger partial charge >= 0.3 is 39.5 Å². The highest BCUT2D eigenvalue weighted by atomic mass is 31.2. The molecular weight excluding hydrogens is 1280 g/mol. The van der Waals surface area contributed by atoms with E-state index >= 15 is 0 Å². The first-order valence-electron chi connectivity index (χ1n) is 41.2. The number of unbranched alkanes of at least 4 members (excludes halogenated alkanes) is 50. The van der Waals surface area contributed by atoms with E-state index in [0.29, 0.717) is 25.7 Å². The van der Waals surface area contributed by atoms with E-state index in [-0.39, 0.29) is 25.7 Å². The minimum Gasteiger partial charge on any atom is -0.462 e. The molecule has 0 saturated heterocycles. The van der Waals surface area contributed by atoms with Gasteiger partial charge < -0.3 is 33.8 Å². The fraction of sp³-hybridized carbons (Fsp3) is 0.949. The maximum atomic E-state index is 13.1. The molecule has 0 fully saturated rings. The molecule has 0 aromatic heterocycles. The third-order valence-corrected chi connectivity index (χ3v) is 20.8. The van der Waals surface area contributed by atoms with Crippen LogP contribution in [0, 0.1) is 5.92 Å². The number of carbonyl (C=O) groups excluding carboxylic acids is 4. The number of hydrogen-bond donors (Lipinski definition) is 3. The van der Waals surface area contributed by atoms with E-state index < -0.39 is 97.5 Å². The fourth-order valence-electron chi connectivity index (χ4n) is 12.2. The van der Waals surface area contributed by atoms with Crippen molar-refractivity contribution in [3.8, 4) is 0 Å². The van der Waals surface area contributed by atoms with E-state index in [2.05, 4.69) is 34.6 Å². The van der Waals surface area contributed by atoms with Gasteiger partial charge in [-0.25, -0.2) is 9.13 Å². The van der Waals surface area contributed by atoms with Crippen molar-refractivity contribution in [2.45, 2.75) is 438 Å². The first-order valence-corrected chi connectivity index (χ1v) is 44.2. The molecule has 0 amide bonds. The van der Waals surface area contributed by atoms with Gasteiger partial charge in [0, 0.05) is 25.7 Å². The van der Waals surface area contributed by atoms with Gasteiger partial charge in [-0.1, -0.05) is 369 Å². The number of hydrogen-bond acceptors (Lipinski definition) is 15. The molecule has 0 heterocycles. The Kier molecular flexibility index (Phi) is 70.6. The Morgan fingerprint density at radius 3 is 0.724 bits per heavy atom. The van der Waals surface area contributed by atoms with Crippen LogP contribution in [0.25, 0.3) is 0 Å². The topological polar surface area (TPSA) is 237 Å². The van der Waals surface area contributed by atoms with Gasteiger partial charge in [0.15, 0.2) is 12.2 Å². The molecule has 0 spiro atoms. The van der Waals surface area contributed by atoms with Crippen molar-refractivity contribution in [3.05, 3.63) is 0 Å². The summed E-state index contributed by atoms with van der Waals surface area (Å²) >= 11 is 0. The molecule has 98 heavy (non-hydrogen) atoms. The predicted octanol–water partition coefficient (Wildman–Crippen LogP) is 23.6. The third-order valence-electron chi connectivity index (χ3n) is 18.9. The van der Waals surface area contributed by atoms with Crippen LogP contribution >= 0.6 is 15.6 Å². The molecule has 3 N–H and O–H groups in total. The number of aliphatic hydroxyl groups excluding tert-OH is 1. The summed E-state index contributed by atoms with van der Waals surface area (Å²) in [6.07, 6.45) is 62.9. The zero-order chi connectivity index (χ0) is 71.9. The molecule has 0 saturated carbocycles. The average molecular weight is 1440 g/mol. The Labute approximate surface area is 600 Å². The van der Waals surface area contributed by atoms with Gasteiger partial charge in [0.25, 0.3) is 0 Å². The normalized spacial score (nSPS) is 14.2. The van der Waals surface area contributed by atoms with Crippen molar-refractivity contribution in [1.29, 1.82) is 0 Å². The quantitative estimate of drug-likeness (QED) is 0.0222. The van der Waals surface area contributed by atoms with Gasteiger partial charge in [-0.2, -0.15) is 0 Å². The second-order valence-corrected chi connectivity index (χ2v) is 31.6. The van der Waals surface area contributed by atoms with Gasteiger partial charge in [0.2, 0.25) is 0 Å². The van der Waals surface area contributed by atoms with Crippen LogP contribution in [0.15, 0.2) is 0 Å². The second kappa shape index (κ2) is 72.0. The Bertz CT molecular complexity index is 1880. The Balaban J connectivity index is 5.13. The Morgan fingerprint density at radius 1 is 0.286 bits per heavy atom. The minimum atomic E-state index is -4.96. The molecule has 582 valence electrons. The van der Waals surface area contributed by atoms with Crippen LogP contribution in [0.3, 0.4) is 0 Å². The lowest BCUT2D eigenvalue weighted by atomic mass is 9.99.